The van der Waals surface area contributed by atoms with Crippen molar-refractivity contribution in [1.82, 2.24) is 21.3 Å². The summed E-state index contributed by atoms with van der Waals surface area (Å²) in [5, 5.41) is 32.6. The highest BCUT2D eigenvalue weighted by Gasteiger charge is 2.39. The standard InChI is InChI=1S/C32H40N4O9/c1-32(2,3)45-31(42)36-25-26(38)18-11-13-20(14-12-18)44-22-16-19(15-21(37)27(22)43-5)24(28(39)33-4)35-29(40)23(34-30(25)41)17-9-7-6-8-10-17/h6-11,13,15-16,18,20,23-26,37-38H,12,14H2,1-5H3,(H,33,39)(H,34,41)(H,35,40)(H,36,42)/t18?,20?,23-,24+,25+,26+/m0/s1. The van der Waals surface area contributed by atoms with Gasteiger partial charge in [-0.1, -0.05) is 36.4 Å². The summed E-state index contributed by atoms with van der Waals surface area (Å²) in [5.41, 5.74) is -0.322. The number of phenolic OH excluding ortho intramolecular Hbond substituents is 1. The van der Waals surface area contributed by atoms with Gasteiger partial charge in [-0.3, -0.25) is 14.4 Å². The number of carbonyl (C=O) groups excluding carboxylic acids is 4. The van der Waals surface area contributed by atoms with Gasteiger partial charge in [0, 0.05) is 13.0 Å². The van der Waals surface area contributed by atoms with Crippen LogP contribution in [0, 0.1) is 5.92 Å². The van der Waals surface area contributed by atoms with E-state index in [0.717, 1.165) is 0 Å². The van der Waals surface area contributed by atoms with Crippen LogP contribution in [0.15, 0.2) is 54.6 Å². The van der Waals surface area contributed by atoms with Crippen molar-refractivity contribution in [3.63, 3.8) is 0 Å². The zero-order valence-electron chi connectivity index (χ0n) is 25.8. The summed E-state index contributed by atoms with van der Waals surface area (Å²) in [6.07, 6.45) is 1.29. The number of hydrogen-bond acceptors (Lipinski definition) is 9. The Kier molecular flexibility index (Phi) is 10.2. The fourth-order valence-electron chi connectivity index (χ4n) is 5.27. The zero-order valence-corrected chi connectivity index (χ0v) is 25.8. The molecule has 2 unspecified atom stereocenters. The number of carbonyl (C=O) groups is 4. The summed E-state index contributed by atoms with van der Waals surface area (Å²) >= 11 is 0. The molecule has 242 valence electrons. The topological polar surface area (TPSA) is 185 Å². The number of rotatable bonds is 4. The van der Waals surface area contributed by atoms with Gasteiger partial charge in [-0.2, -0.15) is 0 Å². The fourth-order valence-corrected chi connectivity index (χ4v) is 5.27. The van der Waals surface area contributed by atoms with Gasteiger partial charge in [-0.15, -0.1) is 0 Å². The van der Waals surface area contributed by atoms with Crippen molar-refractivity contribution in [2.24, 2.45) is 5.92 Å². The van der Waals surface area contributed by atoms with Crippen molar-refractivity contribution >= 4 is 23.8 Å². The molecule has 0 saturated heterocycles. The molecule has 6 N–H and O–H groups in total. The average molecular weight is 625 g/mol. The lowest BCUT2D eigenvalue weighted by Crippen LogP contribution is -2.57. The van der Waals surface area contributed by atoms with E-state index in [-0.39, 0.29) is 22.8 Å². The van der Waals surface area contributed by atoms with Gasteiger partial charge in [0.2, 0.25) is 23.5 Å². The number of fused-ring (bicyclic) bond motifs is 8. The number of aliphatic hydroxyl groups excluding tert-OH is 1. The largest absolute Gasteiger partial charge is 0.504 e. The molecule has 3 aliphatic rings. The quantitative estimate of drug-likeness (QED) is 0.278. The van der Waals surface area contributed by atoms with Crippen molar-refractivity contribution in [2.45, 2.75) is 69.5 Å². The van der Waals surface area contributed by atoms with Gasteiger partial charge in [0.15, 0.2) is 11.5 Å². The molecule has 4 amide bonds. The Morgan fingerprint density at radius 1 is 1.00 bits per heavy atom. The van der Waals surface area contributed by atoms with Gasteiger partial charge in [0.25, 0.3) is 0 Å². The molecule has 13 nitrogen and oxygen atoms in total. The third kappa shape index (κ3) is 8.04. The number of hydrogen-bond donors (Lipinski definition) is 6. The predicted octanol–water partition coefficient (Wildman–Crippen LogP) is 2.14. The van der Waals surface area contributed by atoms with Crippen molar-refractivity contribution in [3.8, 4) is 17.2 Å². The van der Waals surface area contributed by atoms with Gasteiger partial charge in [0.1, 0.15) is 29.8 Å². The lowest BCUT2D eigenvalue weighted by atomic mass is 9.86. The molecule has 2 heterocycles. The van der Waals surface area contributed by atoms with Gasteiger partial charge in [0.05, 0.1) is 13.2 Å². The number of methoxy groups -OCH3 is 1. The van der Waals surface area contributed by atoms with E-state index in [0.29, 0.717) is 18.4 Å². The summed E-state index contributed by atoms with van der Waals surface area (Å²) in [6.45, 7) is 4.98. The normalized spacial score (nSPS) is 25.3. The van der Waals surface area contributed by atoms with Crippen LogP contribution in [-0.4, -0.2) is 72.0 Å². The first-order valence-corrected chi connectivity index (χ1v) is 14.6. The van der Waals surface area contributed by atoms with E-state index in [2.05, 4.69) is 21.3 Å². The Bertz CT molecular complexity index is 1440. The number of aliphatic hydroxyl groups is 1. The number of nitrogens with one attached hydrogen (secondary N) is 4. The smallest absolute Gasteiger partial charge is 0.408 e. The first-order valence-electron chi connectivity index (χ1n) is 14.6. The van der Waals surface area contributed by atoms with E-state index in [9.17, 15) is 29.4 Å². The van der Waals surface area contributed by atoms with Crippen molar-refractivity contribution in [3.05, 3.63) is 65.7 Å². The van der Waals surface area contributed by atoms with Crippen LogP contribution < -0.4 is 30.7 Å². The van der Waals surface area contributed by atoms with E-state index in [1.807, 2.05) is 0 Å². The number of ether oxygens (including phenoxy) is 3. The van der Waals surface area contributed by atoms with Crippen LogP contribution in [0.3, 0.4) is 0 Å². The van der Waals surface area contributed by atoms with E-state index in [4.69, 9.17) is 14.2 Å². The van der Waals surface area contributed by atoms with Gasteiger partial charge in [-0.05, 0) is 62.9 Å². The molecule has 45 heavy (non-hydrogen) atoms. The molecule has 0 aromatic heterocycles. The molecule has 4 bridgehead atoms. The first kappa shape index (κ1) is 33.1. The molecule has 5 rings (SSSR count). The Hall–Kier alpha value is -4.78. The highest BCUT2D eigenvalue weighted by atomic mass is 16.6. The number of phenols is 1. The Balaban J connectivity index is 1.83. The molecule has 2 aromatic rings. The van der Waals surface area contributed by atoms with Crippen LogP contribution in [0.25, 0.3) is 0 Å². The minimum atomic E-state index is -1.52. The van der Waals surface area contributed by atoms with Gasteiger partial charge in [-0.25, -0.2) is 4.79 Å². The molecular formula is C32H40N4O9. The first-order chi connectivity index (χ1) is 21.3. The lowest BCUT2D eigenvalue weighted by molar-refractivity contribution is -0.134. The molecule has 0 saturated carbocycles. The van der Waals surface area contributed by atoms with Crippen molar-refractivity contribution < 1.29 is 43.6 Å². The highest BCUT2D eigenvalue weighted by molar-refractivity contribution is 5.95. The molecular weight excluding hydrogens is 584 g/mol. The van der Waals surface area contributed by atoms with Gasteiger partial charge >= 0.3 is 6.09 Å². The number of amides is 4. The van der Waals surface area contributed by atoms with E-state index < -0.39 is 65.7 Å². The average Bonchev–Trinajstić information content (AvgIpc) is 2.99. The molecule has 0 radical (unpaired) electrons. The molecule has 6 atom stereocenters. The van der Waals surface area contributed by atoms with Crippen LogP contribution in [0.5, 0.6) is 17.2 Å². The van der Waals surface area contributed by atoms with E-state index in [1.54, 1.807) is 63.3 Å². The second kappa shape index (κ2) is 13.9. The third-order valence-electron chi connectivity index (χ3n) is 7.44. The lowest BCUT2D eigenvalue weighted by Gasteiger charge is -2.33. The minimum Gasteiger partial charge on any atom is -0.504 e. The van der Waals surface area contributed by atoms with Crippen LogP contribution in [0.1, 0.15) is 56.8 Å². The molecule has 13 heteroatoms. The fraction of sp³-hybridized carbons (Fsp3) is 0.438. The monoisotopic (exact) mass is 624 g/mol. The van der Waals surface area contributed by atoms with Crippen LogP contribution in [-0.2, 0) is 19.1 Å². The predicted molar refractivity (Wildman–Crippen MR) is 162 cm³/mol. The van der Waals surface area contributed by atoms with Gasteiger partial charge < -0.3 is 45.7 Å². The van der Waals surface area contributed by atoms with Crippen LogP contribution in [0.2, 0.25) is 0 Å². The summed E-state index contributed by atoms with van der Waals surface area (Å²) in [5.74, 6) is -2.96. The second-order valence-corrected chi connectivity index (χ2v) is 11.9. The maximum atomic E-state index is 13.9. The second-order valence-electron chi connectivity index (χ2n) is 11.9. The SMILES string of the molecule is CNC(=O)[C@@H]1NC(=O)[C@H](c2ccccc2)NC(=O)[C@H](NC(=O)OC(C)(C)C)[C@H](O)C2C=CC(CC2)Oc2cc1cc(O)c2OC. The van der Waals surface area contributed by atoms with Crippen molar-refractivity contribution in [2.75, 3.05) is 14.2 Å². The van der Waals surface area contributed by atoms with E-state index >= 15 is 0 Å². The van der Waals surface area contributed by atoms with Crippen molar-refractivity contribution in [1.29, 1.82) is 0 Å². The number of aromatic hydroxyl groups is 1. The maximum absolute atomic E-state index is 13.9. The third-order valence-corrected chi connectivity index (χ3v) is 7.44. The molecule has 2 aliphatic heterocycles. The summed E-state index contributed by atoms with van der Waals surface area (Å²) < 4.78 is 16.9. The number of alkyl carbamates (subject to hydrolysis) is 1. The molecule has 2 aromatic carbocycles. The Morgan fingerprint density at radius 2 is 1.71 bits per heavy atom. The minimum absolute atomic E-state index is 0.0356. The highest BCUT2D eigenvalue weighted by Crippen LogP contribution is 2.41. The number of benzene rings is 2. The Morgan fingerprint density at radius 3 is 2.31 bits per heavy atom. The molecule has 0 spiro atoms. The summed E-state index contributed by atoms with van der Waals surface area (Å²) in [4.78, 5) is 53.7. The molecule has 1 aliphatic carbocycles. The number of likely N-dealkylation sites (N-methyl/N-ethyl adjacent to an activating group) is 1. The molecule has 0 fully saturated rings. The van der Waals surface area contributed by atoms with Crippen LogP contribution >= 0.6 is 0 Å². The van der Waals surface area contributed by atoms with Crippen LogP contribution in [0.4, 0.5) is 4.79 Å². The summed E-state index contributed by atoms with van der Waals surface area (Å²) in [7, 11) is 2.75. The van der Waals surface area contributed by atoms with E-state index in [1.165, 1.54) is 26.3 Å². The summed E-state index contributed by atoms with van der Waals surface area (Å²) in [6, 6.07) is 6.87. The maximum Gasteiger partial charge on any atom is 0.408 e. The zero-order chi connectivity index (χ0) is 32.9. The Labute approximate surface area is 261 Å².